The van der Waals surface area contributed by atoms with Gasteiger partial charge in [-0.15, -0.1) is 0 Å². The van der Waals surface area contributed by atoms with Crippen LogP contribution in [0, 0.1) is 0 Å². The van der Waals surface area contributed by atoms with E-state index in [9.17, 15) is 4.79 Å². The molecule has 0 unspecified atom stereocenters. The second-order valence-corrected chi connectivity index (χ2v) is 6.50. The van der Waals surface area contributed by atoms with Crippen molar-refractivity contribution in [3.8, 4) is 0 Å². The van der Waals surface area contributed by atoms with Gasteiger partial charge in [0.15, 0.2) is 5.96 Å². The normalized spacial score (nSPS) is 15.7. The van der Waals surface area contributed by atoms with Crippen LogP contribution in [0.5, 0.6) is 0 Å². The molecule has 1 aliphatic rings. The molecule has 2 rings (SSSR count). The van der Waals surface area contributed by atoms with E-state index in [2.05, 4.69) is 34.0 Å². The number of nitrogens with zero attached hydrogens (tertiary/aromatic N) is 2. The average molecular weight is 334 g/mol. The van der Waals surface area contributed by atoms with Gasteiger partial charge in [0.25, 0.3) is 0 Å². The predicted octanol–water partition coefficient (Wildman–Crippen LogP) is 2.23. The van der Waals surface area contributed by atoms with Crippen LogP contribution < -0.4 is 15.5 Å². The Kier molecular flexibility index (Phi) is 7.26. The van der Waals surface area contributed by atoms with Crippen molar-refractivity contribution in [3.05, 3.63) is 29.8 Å². The summed E-state index contributed by atoms with van der Waals surface area (Å²) in [6.07, 6.45) is 4.86. The number of nitrogens with one attached hydrogen (secondary N) is 2. The van der Waals surface area contributed by atoms with E-state index in [4.69, 9.17) is 0 Å². The minimum Gasteiger partial charge on any atom is -0.356 e. The smallest absolute Gasteiger partial charge is 0.226 e. The molecule has 0 bridgehead atoms. The van der Waals surface area contributed by atoms with Gasteiger partial charge in [0.2, 0.25) is 5.91 Å². The summed E-state index contributed by atoms with van der Waals surface area (Å²) in [5.41, 5.74) is 2.17. The van der Waals surface area contributed by atoms with Gasteiger partial charge in [0.05, 0.1) is 0 Å². The lowest BCUT2D eigenvalue weighted by atomic mass is 10.1. The first-order valence-corrected chi connectivity index (χ1v) is 9.46. The Balaban J connectivity index is 1.86. The van der Waals surface area contributed by atoms with Gasteiger partial charge < -0.3 is 15.5 Å². The van der Waals surface area contributed by atoms with Crippen molar-refractivity contribution in [1.29, 1.82) is 0 Å². The second kappa shape index (κ2) is 9.45. The Hall–Kier alpha value is -1.69. The molecule has 0 atom stereocenters. The summed E-state index contributed by atoms with van der Waals surface area (Å²) in [6, 6.07) is 8.20. The Morgan fingerprint density at radius 1 is 1.26 bits per heavy atom. The highest BCUT2D eigenvalue weighted by molar-refractivity contribution is 7.98. The number of amides is 1. The van der Waals surface area contributed by atoms with Crippen molar-refractivity contribution in [3.63, 3.8) is 0 Å². The molecule has 1 saturated heterocycles. The van der Waals surface area contributed by atoms with Crippen molar-refractivity contribution < 1.29 is 4.79 Å². The molecule has 23 heavy (non-hydrogen) atoms. The zero-order valence-electron chi connectivity index (χ0n) is 14.0. The average Bonchev–Trinajstić information content (AvgIpc) is 2.59. The minimum absolute atomic E-state index is 0.237. The summed E-state index contributed by atoms with van der Waals surface area (Å²) >= 11 is 1.81. The molecule has 1 aromatic carbocycles. The lowest BCUT2D eigenvalue weighted by Gasteiger charge is -2.26. The van der Waals surface area contributed by atoms with Crippen LogP contribution in [0.1, 0.15) is 24.8 Å². The summed E-state index contributed by atoms with van der Waals surface area (Å²) in [7, 11) is 1.78. The lowest BCUT2D eigenvalue weighted by molar-refractivity contribution is -0.119. The molecule has 0 saturated carbocycles. The third-order valence-electron chi connectivity index (χ3n) is 3.85. The van der Waals surface area contributed by atoms with Crippen LogP contribution >= 0.6 is 11.8 Å². The summed E-state index contributed by atoms with van der Waals surface area (Å²) in [5, 5.41) is 6.58. The van der Waals surface area contributed by atoms with Gasteiger partial charge in [-0.1, -0.05) is 12.1 Å². The molecule has 0 radical (unpaired) electrons. The Morgan fingerprint density at radius 2 is 2.04 bits per heavy atom. The number of rotatable bonds is 6. The fraction of sp³-hybridized carbons (Fsp3) is 0.529. The summed E-state index contributed by atoms with van der Waals surface area (Å²) in [5.74, 6) is 2.11. The first-order valence-electron chi connectivity index (χ1n) is 8.07. The van der Waals surface area contributed by atoms with Crippen molar-refractivity contribution in [2.75, 3.05) is 37.0 Å². The highest BCUT2D eigenvalue weighted by Gasteiger charge is 2.19. The number of carbonyl (C=O) groups excluding carboxylic acids is 1. The molecule has 1 amide bonds. The first-order chi connectivity index (χ1) is 11.2. The van der Waals surface area contributed by atoms with E-state index in [1.807, 2.05) is 17.0 Å². The van der Waals surface area contributed by atoms with Crippen molar-refractivity contribution in [1.82, 2.24) is 10.6 Å². The molecule has 6 heteroatoms. The van der Waals surface area contributed by atoms with E-state index < -0.39 is 0 Å². The second-order valence-electron chi connectivity index (χ2n) is 5.51. The molecule has 0 aliphatic carbocycles. The molecule has 1 aromatic rings. The van der Waals surface area contributed by atoms with Crippen LogP contribution in [-0.4, -0.2) is 44.0 Å². The quantitative estimate of drug-likeness (QED) is 0.476. The molecule has 5 nitrogen and oxygen atoms in total. The zero-order valence-corrected chi connectivity index (χ0v) is 14.8. The molecule has 1 aliphatic heterocycles. The number of thioether (sulfide) groups is 1. The molecule has 2 N–H and O–H groups in total. The third kappa shape index (κ3) is 5.46. The molecule has 0 aromatic heterocycles. The van der Waals surface area contributed by atoms with E-state index in [1.54, 1.807) is 18.8 Å². The fourth-order valence-corrected chi connectivity index (χ4v) is 2.86. The molecule has 1 fully saturated rings. The van der Waals surface area contributed by atoms with Crippen LogP contribution in [0.4, 0.5) is 5.69 Å². The van der Waals surface area contributed by atoms with Gasteiger partial charge >= 0.3 is 0 Å². The van der Waals surface area contributed by atoms with E-state index >= 15 is 0 Å². The van der Waals surface area contributed by atoms with Gasteiger partial charge in [-0.25, -0.2) is 0 Å². The fourth-order valence-electron chi connectivity index (χ4n) is 2.55. The van der Waals surface area contributed by atoms with Crippen molar-refractivity contribution >= 4 is 29.3 Å². The van der Waals surface area contributed by atoms with Crippen molar-refractivity contribution in [2.45, 2.75) is 25.8 Å². The van der Waals surface area contributed by atoms with Gasteiger partial charge in [0, 0.05) is 44.5 Å². The molecule has 0 spiro atoms. The number of benzene rings is 1. The Morgan fingerprint density at radius 3 is 2.70 bits per heavy atom. The highest BCUT2D eigenvalue weighted by atomic mass is 32.2. The van der Waals surface area contributed by atoms with Crippen LogP contribution in [0.2, 0.25) is 0 Å². The standard InChI is InChI=1S/C17H26N4OS/c1-18-17(19-10-12-23-2)20-13-14-6-8-15(9-7-14)21-11-4-3-5-16(21)22/h6-9H,3-5,10-13H2,1-2H3,(H2,18,19,20). The van der Waals surface area contributed by atoms with Gasteiger partial charge in [-0.2, -0.15) is 11.8 Å². The number of carbonyl (C=O) groups is 1. The zero-order chi connectivity index (χ0) is 16.5. The van der Waals surface area contributed by atoms with Gasteiger partial charge in [0.1, 0.15) is 0 Å². The summed E-state index contributed by atoms with van der Waals surface area (Å²) < 4.78 is 0. The largest absolute Gasteiger partial charge is 0.356 e. The maximum atomic E-state index is 11.9. The van der Waals surface area contributed by atoms with Gasteiger partial charge in [-0.3, -0.25) is 9.79 Å². The predicted molar refractivity (Wildman–Crippen MR) is 99.2 cm³/mol. The van der Waals surface area contributed by atoms with Gasteiger partial charge in [-0.05, 0) is 36.8 Å². The summed E-state index contributed by atoms with van der Waals surface area (Å²) in [6.45, 7) is 2.45. The van der Waals surface area contributed by atoms with E-state index in [0.717, 1.165) is 43.3 Å². The van der Waals surface area contributed by atoms with Crippen LogP contribution in [0.3, 0.4) is 0 Å². The lowest BCUT2D eigenvalue weighted by Crippen LogP contribution is -2.38. The van der Waals surface area contributed by atoms with E-state index in [0.29, 0.717) is 13.0 Å². The van der Waals surface area contributed by atoms with E-state index in [1.165, 1.54) is 5.56 Å². The molecular weight excluding hydrogens is 308 g/mol. The molecule has 1 heterocycles. The number of aliphatic imine (C=N–C) groups is 1. The number of hydrogen-bond donors (Lipinski definition) is 2. The van der Waals surface area contributed by atoms with Crippen LogP contribution in [0.15, 0.2) is 29.3 Å². The van der Waals surface area contributed by atoms with E-state index in [-0.39, 0.29) is 5.91 Å². The maximum absolute atomic E-state index is 11.9. The highest BCUT2D eigenvalue weighted by Crippen LogP contribution is 2.21. The molecular formula is C17H26N4OS. The molecule has 126 valence electrons. The number of hydrogen-bond acceptors (Lipinski definition) is 3. The first kappa shape index (κ1) is 17.7. The number of anilines is 1. The number of piperidine rings is 1. The minimum atomic E-state index is 0.237. The summed E-state index contributed by atoms with van der Waals surface area (Å²) in [4.78, 5) is 18.0. The van der Waals surface area contributed by atoms with Crippen LogP contribution in [0.25, 0.3) is 0 Å². The Bertz CT molecular complexity index is 530. The topological polar surface area (TPSA) is 56.7 Å². The van der Waals surface area contributed by atoms with Crippen molar-refractivity contribution in [2.24, 2.45) is 4.99 Å². The maximum Gasteiger partial charge on any atom is 0.226 e. The van der Waals surface area contributed by atoms with Crippen LogP contribution in [-0.2, 0) is 11.3 Å². The SMILES string of the molecule is CN=C(NCCSC)NCc1ccc(N2CCCCC2=O)cc1. The monoisotopic (exact) mass is 334 g/mol. The third-order valence-corrected chi connectivity index (χ3v) is 4.47. The number of guanidine groups is 1. The Labute approximate surface area is 142 Å².